The van der Waals surface area contributed by atoms with E-state index in [0.717, 1.165) is 11.1 Å². The van der Waals surface area contributed by atoms with E-state index in [-0.39, 0.29) is 11.5 Å². The van der Waals surface area contributed by atoms with Crippen LogP contribution in [-0.4, -0.2) is 4.92 Å². The predicted octanol–water partition coefficient (Wildman–Crippen LogP) is 3.71. The van der Waals surface area contributed by atoms with E-state index >= 15 is 0 Å². The molecule has 4 heteroatoms. The molecule has 0 aromatic heterocycles. The van der Waals surface area contributed by atoms with Crippen LogP contribution in [0.5, 0.6) is 0 Å². The van der Waals surface area contributed by atoms with Crippen LogP contribution in [0, 0.1) is 22.9 Å². The zero-order valence-electron chi connectivity index (χ0n) is 9.18. The second-order valence-electron chi connectivity index (χ2n) is 3.77. The van der Waals surface area contributed by atoms with Crippen molar-refractivity contribution in [3.8, 4) is 11.1 Å². The van der Waals surface area contributed by atoms with Crippen LogP contribution in [0.4, 0.5) is 10.1 Å². The average Bonchev–Trinajstić information content (AvgIpc) is 2.33. The molecule has 2 rings (SSSR count). The molecule has 0 saturated carbocycles. The fraction of sp³-hybridized carbons (Fsp3) is 0.0769. The van der Waals surface area contributed by atoms with Gasteiger partial charge in [-0.1, -0.05) is 6.07 Å². The summed E-state index contributed by atoms with van der Waals surface area (Å²) in [6.07, 6.45) is 0. The van der Waals surface area contributed by atoms with Crippen LogP contribution in [0.3, 0.4) is 0 Å². The number of nitrogens with zero attached hydrogens (tertiary/aromatic N) is 1. The summed E-state index contributed by atoms with van der Waals surface area (Å²) in [5, 5.41) is 10.5. The minimum absolute atomic E-state index is 0.0487. The summed E-state index contributed by atoms with van der Waals surface area (Å²) in [5.74, 6) is -0.254. The van der Waals surface area contributed by atoms with Crippen molar-refractivity contribution in [2.24, 2.45) is 0 Å². The molecule has 0 bridgehead atoms. The molecule has 0 amide bonds. The average molecular weight is 231 g/mol. The number of nitro benzene ring substituents is 1. The number of rotatable bonds is 2. The molecule has 0 aliphatic carbocycles. The molecule has 0 N–H and O–H groups in total. The van der Waals surface area contributed by atoms with Gasteiger partial charge in [-0.25, -0.2) is 4.39 Å². The van der Waals surface area contributed by atoms with Gasteiger partial charge in [0.1, 0.15) is 5.82 Å². The third-order valence-electron chi connectivity index (χ3n) is 2.57. The number of non-ortho nitro benzene ring substituents is 1. The Kier molecular flexibility index (Phi) is 2.87. The summed E-state index contributed by atoms with van der Waals surface area (Å²) in [6.45, 7) is 1.68. The van der Waals surface area contributed by atoms with Crippen molar-refractivity contribution in [1.29, 1.82) is 0 Å². The monoisotopic (exact) mass is 231 g/mol. The van der Waals surface area contributed by atoms with Crippen molar-refractivity contribution in [1.82, 2.24) is 0 Å². The molecule has 0 fully saturated rings. The first-order valence-electron chi connectivity index (χ1n) is 5.09. The maximum Gasteiger partial charge on any atom is 0.269 e. The van der Waals surface area contributed by atoms with Crippen LogP contribution in [-0.2, 0) is 0 Å². The number of hydrogen-bond acceptors (Lipinski definition) is 2. The summed E-state index contributed by atoms with van der Waals surface area (Å²) in [4.78, 5) is 10.1. The minimum atomic E-state index is -0.445. The highest BCUT2D eigenvalue weighted by Gasteiger charge is 2.06. The molecule has 0 radical (unpaired) electrons. The van der Waals surface area contributed by atoms with Crippen molar-refractivity contribution in [3.05, 3.63) is 64.0 Å². The largest absolute Gasteiger partial charge is 0.269 e. The number of benzene rings is 2. The summed E-state index contributed by atoms with van der Waals surface area (Å²) in [6, 6.07) is 11.0. The number of aryl methyl sites for hydroxylation is 1. The molecule has 2 aromatic rings. The van der Waals surface area contributed by atoms with Crippen molar-refractivity contribution in [3.63, 3.8) is 0 Å². The molecule has 0 spiro atoms. The first-order valence-corrected chi connectivity index (χ1v) is 5.09. The third kappa shape index (κ3) is 2.30. The predicted molar refractivity (Wildman–Crippen MR) is 63.2 cm³/mol. The van der Waals surface area contributed by atoms with E-state index in [1.807, 2.05) is 0 Å². The lowest BCUT2D eigenvalue weighted by molar-refractivity contribution is -0.384. The highest BCUT2D eigenvalue weighted by atomic mass is 19.1. The van der Waals surface area contributed by atoms with Crippen LogP contribution in [0.2, 0.25) is 0 Å². The molecular weight excluding hydrogens is 221 g/mol. The zero-order valence-corrected chi connectivity index (χ0v) is 9.18. The van der Waals surface area contributed by atoms with Gasteiger partial charge < -0.3 is 0 Å². The molecule has 0 saturated heterocycles. The maximum absolute atomic E-state index is 13.1. The van der Waals surface area contributed by atoms with Crippen LogP contribution in [0.15, 0.2) is 42.5 Å². The summed E-state index contributed by atoms with van der Waals surface area (Å²) in [5.41, 5.74) is 2.28. The van der Waals surface area contributed by atoms with Crippen molar-refractivity contribution < 1.29 is 9.31 Å². The Hall–Kier alpha value is -2.23. The van der Waals surface area contributed by atoms with Gasteiger partial charge in [0.25, 0.3) is 5.69 Å². The summed E-state index contributed by atoms with van der Waals surface area (Å²) >= 11 is 0. The molecule has 2 aromatic carbocycles. The van der Waals surface area contributed by atoms with Crippen molar-refractivity contribution >= 4 is 5.69 Å². The van der Waals surface area contributed by atoms with Gasteiger partial charge in [-0.15, -0.1) is 0 Å². The Balaban J connectivity index is 2.39. The van der Waals surface area contributed by atoms with Crippen LogP contribution >= 0.6 is 0 Å². The topological polar surface area (TPSA) is 43.1 Å². The Bertz CT molecular complexity index is 564. The Morgan fingerprint density at radius 2 is 1.65 bits per heavy atom. The van der Waals surface area contributed by atoms with E-state index in [9.17, 15) is 14.5 Å². The maximum atomic E-state index is 13.1. The first kappa shape index (κ1) is 11.3. The molecule has 3 nitrogen and oxygen atoms in total. The van der Waals surface area contributed by atoms with Crippen LogP contribution in [0.1, 0.15) is 5.56 Å². The van der Waals surface area contributed by atoms with Gasteiger partial charge in [-0.2, -0.15) is 0 Å². The highest BCUT2D eigenvalue weighted by Crippen LogP contribution is 2.24. The minimum Gasteiger partial charge on any atom is -0.258 e. The second-order valence-corrected chi connectivity index (χ2v) is 3.77. The van der Waals surface area contributed by atoms with Gasteiger partial charge >= 0.3 is 0 Å². The standard InChI is InChI=1S/C13H10FNO2/c1-9-8-11(4-7-13(9)14)10-2-5-12(6-3-10)15(16)17/h2-8H,1H3. The lowest BCUT2D eigenvalue weighted by atomic mass is 10.0. The van der Waals surface area contributed by atoms with E-state index in [2.05, 4.69) is 0 Å². The van der Waals surface area contributed by atoms with Crippen LogP contribution in [0.25, 0.3) is 11.1 Å². The van der Waals surface area contributed by atoms with Crippen molar-refractivity contribution in [2.45, 2.75) is 6.92 Å². The fourth-order valence-electron chi connectivity index (χ4n) is 1.60. The number of hydrogen-bond donors (Lipinski definition) is 0. The van der Waals surface area contributed by atoms with E-state index < -0.39 is 4.92 Å². The molecular formula is C13H10FNO2. The van der Waals surface area contributed by atoms with E-state index in [1.54, 1.807) is 31.2 Å². The first-order chi connectivity index (χ1) is 8.08. The molecule has 0 heterocycles. The van der Waals surface area contributed by atoms with Gasteiger partial charge in [0.05, 0.1) is 4.92 Å². The number of nitro groups is 1. The Morgan fingerprint density at radius 1 is 1.06 bits per heavy atom. The molecule has 0 atom stereocenters. The second kappa shape index (κ2) is 4.33. The summed E-state index contributed by atoms with van der Waals surface area (Å²) in [7, 11) is 0. The molecule has 0 unspecified atom stereocenters. The van der Waals surface area contributed by atoms with Crippen LogP contribution < -0.4 is 0 Å². The lowest BCUT2D eigenvalue weighted by Crippen LogP contribution is -1.88. The molecule has 17 heavy (non-hydrogen) atoms. The molecule has 0 aliphatic heterocycles. The number of halogens is 1. The quantitative estimate of drug-likeness (QED) is 0.584. The highest BCUT2D eigenvalue weighted by molar-refractivity contribution is 5.65. The smallest absolute Gasteiger partial charge is 0.258 e. The molecule has 86 valence electrons. The van der Waals surface area contributed by atoms with E-state index in [1.165, 1.54) is 18.2 Å². The van der Waals surface area contributed by atoms with Crippen molar-refractivity contribution in [2.75, 3.05) is 0 Å². The van der Waals surface area contributed by atoms with E-state index in [0.29, 0.717) is 5.56 Å². The van der Waals surface area contributed by atoms with Gasteiger partial charge in [-0.05, 0) is 47.9 Å². The fourth-order valence-corrected chi connectivity index (χ4v) is 1.60. The Labute approximate surface area is 97.7 Å². The third-order valence-corrected chi connectivity index (χ3v) is 2.57. The summed E-state index contributed by atoms with van der Waals surface area (Å²) < 4.78 is 13.1. The normalized spacial score (nSPS) is 10.2. The van der Waals surface area contributed by atoms with Gasteiger partial charge in [-0.3, -0.25) is 10.1 Å². The van der Waals surface area contributed by atoms with Gasteiger partial charge in [0.15, 0.2) is 0 Å². The molecule has 0 aliphatic rings. The SMILES string of the molecule is Cc1cc(-c2ccc([N+](=O)[O-])cc2)ccc1F. The van der Waals surface area contributed by atoms with Gasteiger partial charge in [0, 0.05) is 12.1 Å². The Morgan fingerprint density at radius 3 is 2.18 bits per heavy atom. The van der Waals surface area contributed by atoms with E-state index in [4.69, 9.17) is 0 Å². The van der Waals surface area contributed by atoms with Gasteiger partial charge in [0.2, 0.25) is 0 Å². The lowest BCUT2D eigenvalue weighted by Gasteiger charge is -2.03. The zero-order chi connectivity index (χ0) is 12.4.